The molecule has 0 unspecified atom stereocenters. The molecule has 2 aromatic rings. The normalized spacial score (nSPS) is 10.8. The third-order valence-corrected chi connectivity index (χ3v) is 7.55. The fourth-order valence-corrected chi connectivity index (χ4v) is 4.94. The van der Waals surface area contributed by atoms with Gasteiger partial charge in [0.25, 0.3) is 0 Å². The maximum atomic E-state index is 12.1. The van der Waals surface area contributed by atoms with Crippen LogP contribution in [0.3, 0.4) is 0 Å². The van der Waals surface area contributed by atoms with E-state index < -0.39 is 12.2 Å². The molecule has 0 aromatic heterocycles. The summed E-state index contributed by atoms with van der Waals surface area (Å²) in [4.78, 5) is 24.1. The molecule has 6 nitrogen and oxygen atoms in total. The molecular weight excluding hydrogens is 524 g/mol. The monoisotopic (exact) mass is 580 g/mol. The summed E-state index contributed by atoms with van der Waals surface area (Å²) in [5, 5.41) is 5.63. The van der Waals surface area contributed by atoms with Crippen LogP contribution in [0.5, 0.6) is 11.5 Å². The highest BCUT2D eigenvalue weighted by Gasteiger charge is 2.06. The number of benzene rings is 2. The Morgan fingerprint density at radius 3 is 1.19 bits per heavy atom. The fraction of sp³-hybridized carbons (Fsp3) is 0.611. The molecule has 0 saturated heterocycles. The van der Waals surface area contributed by atoms with E-state index in [9.17, 15) is 9.59 Å². The van der Waals surface area contributed by atoms with Gasteiger partial charge in [0.1, 0.15) is 11.5 Å². The van der Waals surface area contributed by atoms with E-state index >= 15 is 0 Å². The van der Waals surface area contributed by atoms with E-state index in [2.05, 4.69) is 24.5 Å². The Kier molecular flexibility index (Phi) is 19.7. The predicted molar refractivity (Wildman–Crippen MR) is 174 cm³/mol. The molecule has 2 amide bonds. The minimum Gasteiger partial charge on any atom is -0.410 e. The number of carbonyl (C=O) groups is 2. The number of ether oxygens (including phenoxy) is 2. The summed E-state index contributed by atoms with van der Waals surface area (Å²) in [6.07, 6.45) is 20.4. The molecule has 234 valence electrons. The molecule has 2 N–H and O–H groups in total. The lowest BCUT2D eigenvalue weighted by molar-refractivity contribution is 0.198. The Hall–Kier alpha value is -3.02. The molecule has 42 heavy (non-hydrogen) atoms. The predicted octanol–water partition coefficient (Wildman–Crippen LogP) is 9.93. The van der Waals surface area contributed by atoms with Gasteiger partial charge in [0.2, 0.25) is 0 Å². The third kappa shape index (κ3) is 17.7. The second kappa shape index (κ2) is 23.5. The van der Waals surface area contributed by atoms with E-state index in [0.717, 1.165) is 38.5 Å². The van der Waals surface area contributed by atoms with Crippen molar-refractivity contribution in [3.8, 4) is 11.5 Å². The van der Waals surface area contributed by atoms with E-state index in [0.29, 0.717) is 24.6 Å². The second-order valence-electron chi connectivity index (χ2n) is 11.4. The highest BCUT2D eigenvalue weighted by atomic mass is 16.6. The fourth-order valence-electron chi connectivity index (χ4n) is 4.94. The van der Waals surface area contributed by atoms with Crippen LogP contribution in [0, 0.1) is 0 Å². The Labute approximate surface area is 255 Å². The molecule has 6 heteroatoms. The zero-order chi connectivity index (χ0) is 30.1. The van der Waals surface area contributed by atoms with Crippen molar-refractivity contribution in [2.75, 3.05) is 13.1 Å². The first-order valence-electron chi connectivity index (χ1n) is 16.7. The van der Waals surface area contributed by atoms with Crippen molar-refractivity contribution < 1.29 is 19.1 Å². The van der Waals surface area contributed by atoms with Crippen LogP contribution < -0.4 is 20.1 Å². The molecule has 0 aliphatic heterocycles. The van der Waals surface area contributed by atoms with E-state index in [-0.39, 0.29) is 0 Å². The van der Waals surface area contributed by atoms with Crippen molar-refractivity contribution in [3.05, 3.63) is 59.7 Å². The largest absolute Gasteiger partial charge is 0.412 e. The van der Waals surface area contributed by atoms with Gasteiger partial charge in [-0.15, -0.1) is 0 Å². The summed E-state index contributed by atoms with van der Waals surface area (Å²) in [5.41, 5.74) is 2.57. The quantitative estimate of drug-likeness (QED) is 0.128. The number of unbranched alkanes of at least 4 members (excludes halogenated alkanes) is 13. The number of rotatable bonds is 23. The van der Waals surface area contributed by atoms with Crippen molar-refractivity contribution in [1.82, 2.24) is 10.6 Å². The Bertz CT molecular complexity index is 880. The van der Waals surface area contributed by atoms with Gasteiger partial charge in [-0.2, -0.15) is 0 Å². The zero-order valence-corrected chi connectivity index (χ0v) is 26.4. The number of carbonyl (C=O) groups excluding carboxylic acids is 2. The Balaban J connectivity index is 1.44. The lowest BCUT2D eigenvalue weighted by atomic mass is 10.0. The summed E-state index contributed by atoms with van der Waals surface area (Å²) in [5.74, 6) is 1.14. The van der Waals surface area contributed by atoms with Gasteiger partial charge in [0, 0.05) is 13.1 Å². The number of hydrogen-bond donors (Lipinski definition) is 2. The van der Waals surface area contributed by atoms with Crippen molar-refractivity contribution >= 4 is 12.2 Å². The standard InChI is InChI=1S/C36H56N2O4/c1-3-5-7-9-11-15-19-31-21-25-33(26-22-31)41-35(39)37-29-17-13-14-18-30-38-36(40)42-34-27-23-32(24-28-34)20-16-12-10-8-6-4-2/h21-28H,3-20,29-30H2,1-2H3,(H,37,39)(H,38,40). The molecule has 0 saturated carbocycles. The van der Waals surface area contributed by atoms with Gasteiger partial charge in [-0.1, -0.05) is 115 Å². The van der Waals surface area contributed by atoms with Crippen molar-refractivity contribution in [1.29, 1.82) is 0 Å². The first kappa shape index (κ1) is 35.2. The van der Waals surface area contributed by atoms with Crippen LogP contribution in [-0.2, 0) is 12.8 Å². The second-order valence-corrected chi connectivity index (χ2v) is 11.4. The molecule has 0 spiro atoms. The zero-order valence-electron chi connectivity index (χ0n) is 26.4. The number of hydrogen-bond acceptors (Lipinski definition) is 4. The van der Waals surface area contributed by atoms with Crippen LogP contribution >= 0.6 is 0 Å². The SMILES string of the molecule is CCCCCCCCc1ccc(OC(=O)NCCCCCCNC(=O)Oc2ccc(CCCCCCCC)cc2)cc1. The minimum absolute atomic E-state index is 0.418. The first-order chi connectivity index (χ1) is 20.6. The summed E-state index contributed by atoms with van der Waals surface area (Å²) >= 11 is 0. The van der Waals surface area contributed by atoms with Crippen LogP contribution in [-0.4, -0.2) is 25.3 Å². The van der Waals surface area contributed by atoms with Gasteiger partial charge in [-0.05, 0) is 73.9 Å². The molecular formula is C36H56N2O4. The lowest BCUT2D eigenvalue weighted by Gasteiger charge is -2.09. The average molecular weight is 581 g/mol. The van der Waals surface area contributed by atoms with Crippen LogP contribution in [0.25, 0.3) is 0 Å². The molecule has 0 aliphatic carbocycles. The van der Waals surface area contributed by atoms with E-state index in [1.54, 1.807) is 0 Å². The Morgan fingerprint density at radius 2 is 0.810 bits per heavy atom. The first-order valence-corrected chi connectivity index (χ1v) is 16.7. The summed E-state index contributed by atoms with van der Waals surface area (Å²) in [6.45, 7) is 5.62. The molecule has 0 aliphatic rings. The molecule has 0 bridgehead atoms. The van der Waals surface area contributed by atoms with Gasteiger partial charge < -0.3 is 20.1 Å². The van der Waals surface area contributed by atoms with Crippen LogP contribution in [0.4, 0.5) is 9.59 Å². The van der Waals surface area contributed by atoms with Crippen LogP contribution in [0.1, 0.15) is 128 Å². The van der Waals surface area contributed by atoms with Crippen molar-refractivity contribution in [2.45, 2.75) is 129 Å². The number of aryl methyl sites for hydroxylation is 2. The van der Waals surface area contributed by atoms with Gasteiger partial charge in [-0.3, -0.25) is 0 Å². The molecule has 2 rings (SSSR count). The topological polar surface area (TPSA) is 76.7 Å². The summed E-state index contributed by atoms with van der Waals surface area (Å²) in [6, 6.07) is 15.7. The number of nitrogens with one attached hydrogen (secondary N) is 2. The van der Waals surface area contributed by atoms with Crippen molar-refractivity contribution in [2.24, 2.45) is 0 Å². The van der Waals surface area contributed by atoms with Crippen LogP contribution in [0.15, 0.2) is 48.5 Å². The highest BCUT2D eigenvalue weighted by Crippen LogP contribution is 2.17. The Morgan fingerprint density at radius 1 is 0.476 bits per heavy atom. The smallest absolute Gasteiger partial charge is 0.410 e. The molecule has 2 aromatic carbocycles. The van der Waals surface area contributed by atoms with Gasteiger partial charge in [0.05, 0.1) is 0 Å². The van der Waals surface area contributed by atoms with E-state index in [1.807, 2.05) is 48.5 Å². The highest BCUT2D eigenvalue weighted by molar-refractivity contribution is 5.70. The molecule has 0 atom stereocenters. The summed E-state index contributed by atoms with van der Waals surface area (Å²) in [7, 11) is 0. The van der Waals surface area contributed by atoms with Crippen molar-refractivity contribution in [3.63, 3.8) is 0 Å². The van der Waals surface area contributed by atoms with Gasteiger partial charge in [-0.25, -0.2) is 9.59 Å². The maximum absolute atomic E-state index is 12.1. The molecule has 0 radical (unpaired) electrons. The maximum Gasteiger partial charge on any atom is 0.412 e. The lowest BCUT2D eigenvalue weighted by Crippen LogP contribution is -2.28. The van der Waals surface area contributed by atoms with E-state index in [1.165, 1.54) is 88.2 Å². The molecule has 0 heterocycles. The van der Waals surface area contributed by atoms with Gasteiger partial charge in [0.15, 0.2) is 0 Å². The minimum atomic E-state index is -0.418. The number of amides is 2. The third-order valence-electron chi connectivity index (χ3n) is 7.55. The average Bonchev–Trinajstić information content (AvgIpc) is 2.99. The summed E-state index contributed by atoms with van der Waals surface area (Å²) < 4.78 is 10.8. The van der Waals surface area contributed by atoms with Crippen LogP contribution in [0.2, 0.25) is 0 Å². The van der Waals surface area contributed by atoms with Gasteiger partial charge >= 0.3 is 12.2 Å². The molecule has 0 fully saturated rings. The van der Waals surface area contributed by atoms with E-state index in [4.69, 9.17) is 9.47 Å².